The molecule has 11 heteroatoms. The molecule has 0 aliphatic heterocycles. The first kappa shape index (κ1) is 42.2. The second-order valence-corrected chi connectivity index (χ2v) is 12.3. The summed E-state index contributed by atoms with van der Waals surface area (Å²) < 4.78 is 0. The fourth-order valence-corrected chi connectivity index (χ4v) is 2.41. The molecule has 7 nitrogen and oxygen atoms in total. The van der Waals surface area contributed by atoms with Crippen LogP contribution in [0.2, 0.25) is 0 Å². The van der Waals surface area contributed by atoms with Gasteiger partial charge in [0, 0.05) is 0 Å². The maximum Gasteiger partial charge on any atom is 0.319 e. The van der Waals surface area contributed by atoms with Crippen LogP contribution in [-0.4, -0.2) is 29.4 Å². The van der Waals surface area contributed by atoms with Crippen molar-refractivity contribution in [2.75, 3.05) is 0 Å². The van der Waals surface area contributed by atoms with Gasteiger partial charge in [-0.15, -0.1) is 0 Å². The third-order valence-corrected chi connectivity index (χ3v) is 3.91. The maximum absolute atomic E-state index is 7.56. The predicted octanol–water partition coefficient (Wildman–Crippen LogP) is 6.83. The van der Waals surface area contributed by atoms with Crippen LogP contribution in [0.1, 0.15) is 130 Å². The van der Waals surface area contributed by atoms with Crippen LogP contribution < -0.4 is 6.15 Å². The van der Waals surface area contributed by atoms with Gasteiger partial charge in [0.1, 0.15) is 0 Å². The van der Waals surface area contributed by atoms with Crippen molar-refractivity contribution in [3.63, 3.8) is 0 Å². The van der Waals surface area contributed by atoms with E-state index in [1.807, 2.05) is 0 Å². The summed E-state index contributed by atoms with van der Waals surface area (Å²) in [5, 5.41) is 0. The largest absolute Gasteiger partial charge is 0.344 e. The third-order valence-electron chi connectivity index (χ3n) is 3.91. The van der Waals surface area contributed by atoms with Crippen LogP contribution in [0.4, 0.5) is 0 Å². The molecule has 0 fully saturated rings. The topological polar surface area (TPSA) is 156 Å². The van der Waals surface area contributed by atoms with Crippen LogP contribution in [0.25, 0.3) is 0 Å². The zero-order valence-corrected chi connectivity index (χ0v) is 23.8. The van der Waals surface area contributed by atoms with E-state index in [0.717, 1.165) is 0 Å². The molecule has 0 aliphatic rings. The van der Waals surface area contributed by atoms with E-state index in [1.54, 1.807) is 0 Å². The Hall–Kier alpha value is 1.02. The van der Waals surface area contributed by atoms with E-state index >= 15 is 0 Å². The summed E-state index contributed by atoms with van der Waals surface area (Å²) in [5.41, 5.74) is 0. The van der Waals surface area contributed by atoms with Crippen molar-refractivity contribution in [3.8, 4) is 0 Å². The molecule has 0 spiro atoms. The number of hydrogen-bond donors (Lipinski definition) is 7. The van der Waals surface area contributed by atoms with Gasteiger partial charge in [0.25, 0.3) is 0 Å². The predicted molar refractivity (Wildman–Crippen MR) is 143 cm³/mol. The Morgan fingerprint density at radius 1 is 0.387 bits per heavy atom. The average Bonchev–Trinajstić information content (AvgIpc) is 2.59. The Labute approximate surface area is 202 Å². The van der Waals surface area contributed by atoms with E-state index in [1.165, 1.54) is 103 Å². The van der Waals surface area contributed by atoms with Crippen LogP contribution in [0.3, 0.4) is 0 Å². The summed E-state index contributed by atoms with van der Waals surface area (Å²) in [6.07, 6.45) is 22.9. The molecular formula is C20H53NO6P2S2. The molecule has 0 bridgehead atoms. The Bertz CT molecular complexity index is 327. The van der Waals surface area contributed by atoms with E-state index < -0.39 is 13.4 Å². The van der Waals surface area contributed by atoms with E-state index in [4.69, 9.17) is 29.4 Å². The fourth-order valence-electron chi connectivity index (χ4n) is 2.41. The zero-order chi connectivity index (χ0) is 24.3. The summed E-state index contributed by atoms with van der Waals surface area (Å²) in [6.45, 7) is 1.47. The quantitative estimate of drug-likeness (QED) is 0.0946. The fraction of sp³-hybridized carbons (Fsp3) is 1.00. The minimum atomic E-state index is -3.81. The smallest absolute Gasteiger partial charge is 0.319 e. The summed E-state index contributed by atoms with van der Waals surface area (Å²) in [6, 6.07) is 0. The van der Waals surface area contributed by atoms with Crippen molar-refractivity contribution in [1.82, 2.24) is 6.15 Å². The van der Waals surface area contributed by atoms with Gasteiger partial charge in [-0.2, -0.15) is 0 Å². The van der Waals surface area contributed by atoms with E-state index in [0.29, 0.717) is 0 Å². The number of rotatable bonds is 14. The number of unbranched alkanes of at least 4 members (excludes halogenated alkanes) is 14. The standard InChI is InChI=1S/2C10H22.H3N.2H3O3PS/c2*1-3-5-7-9-10-8-6-4-2;;2*1-4(2,3)5/h2*3-10H2,1-2H3;1H3;2*(H3,1,2,3,5). The molecule has 0 radical (unpaired) electrons. The molecule has 0 aromatic heterocycles. The summed E-state index contributed by atoms with van der Waals surface area (Å²) in [4.78, 5) is 45.3. The van der Waals surface area contributed by atoms with E-state index in [2.05, 4.69) is 51.3 Å². The highest BCUT2D eigenvalue weighted by Crippen LogP contribution is 2.27. The summed E-state index contributed by atoms with van der Waals surface area (Å²) >= 11 is 7.21. The van der Waals surface area contributed by atoms with E-state index in [-0.39, 0.29) is 6.15 Å². The maximum atomic E-state index is 7.56. The van der Waals surface area contributed by atoms with Crippen molar-refractivity contribution in [2.45, 2.75) is 130 Å². The molecule has 0 aromatic carbocycles. The third kappa shape index (κ3) is 116. The van der Waals surface area contributed by atoms with Gasteiger partial charge in [-0.05, 0) is 23.6 Å². The first-order valence-electron chi connectivity index (χ1n) is 11.4. The van der Waals surface area contributed by atoms with Gasteiger partial charge in [-0.1, -0.05) is 130 Å². The lowest BCUT2D eigenvalue weighted by Crippen LogP contribution is -1.77. The van der Waals surface area contributed by atoms with Crippen molar-refractivity contribution in [2.24, 2.45) is 0 Å². The Kier molecular flexibility index (Phi) is 45.2. The lowest BCUT2D eigenvalue weighted by molar-refractivity contribution is 0.361. The lowest BCUT2D eigenvalue weighted by Gasteiger charge is -1.97. The molecule has 0 aromatic rings. The molecule has 9 N–H and O–H groups in total. The van der Waals surface area contributed by atoms with Crippen molar-refractivity contribution < 1.29 is 29.4 Å². The number of hydrogen-bond acceptors (Lipinski definition) is 3. The molecular weight excluding hydrogens is 476 g/mol. The average molecular weight is 530 g/mol. The zero-order valence-electron chi connectivity index (χ0n) is 20.4. The molecule has 0 amide bonds. The summed E-state index contributed by atoms with van der Waals surface area (Å²) in [7, 11) is 0. The van der Waals surface area contributed by atoms with Crippen molar-refractivity contribution in [3.05, 3.63) is 0 Å². The van der Waals surface area contributed by atoms with Gasteiger partial charge in [0.2, 0.25) is 0 Å². The molecule has 0 unspecified atom stereocenters. The van der Waals surface area contributed by atoms with E-state index in [9.17, 15) is 0 Å². The lowest BCUT2D eigenvalue weighted by atomic mass is 10.1. The minimum Gasteiger partial charge on any atom is -0.344 e. The summed E-state index contributed by atoms with van der Waals surface area (Å²) in [5.74, 6) is 0. The molecule has 0 saturated heterocycles. The van der Waals surface area contributed by atoms with Crippen LogP contribution in [0.15, 0.2) is 0 Å². The highest BCUT2D eigenvalue weighted by molar-refractivity contribution is 8.06. The molecule has 31 heavy (non-hydrogen) atoms. The molecule has 0 rings (SSSR count). The van der Waals surface area contributed by atoms with Crippen molar-refractivity contribution >= 4 is 37.1 Å². The Morgan fingerprint density at radius 3 is 0.581 bits per heavy atom. The van der Waals surface area contributed by atoms with Crippen LogP contribution in [-0.2, 0) is 23.6 Å². The SMILES string of the molecule is CCCCCCCCCC.CCCCCCCCCC.N.OP(O)(O)=S.OP(O)(O)=S. The monoisotopic (exact) mass is 529 g/mol. The Morgan fingerprint density at radius 2 is 0.484 bits per heavy atom. The first-order chi connectivity index (χ1) is 13.8. The van der Waals surface area contributed by atoms with Gasteiger partial charge in [-0.3, -0.25) is 0 Å². The van der Waals surface area contributed by atoms with Gasteiger partial charge < -0.3 is 35.5 Å². The van der Waals surface area contributed by atoms with Crippen LogP contribution >= 0.6 is 13.4 Å². The normalized spacial score (nSPS) is 10.4. The molecule has 0 heterocycles. The molecule has 0 saturated carbocycles. The first-order valence-corrected chi connectivity index (χ1v) is 16.7. The molecule has 0 aliphatic carbocycles. The van der Waals surface area contributed by atoms with Gasteiger partial charge in [0.05, 0.1) is 0 Å². The van der Waals surface area contributed by atoms with Gasteiger partial charge in [0.15, 0.2) is 0 Å². The van der Waals surface area contributed by atoms with Crippen LogP contribution in [0, 0.1) is 0 Å². The van der Waals surface area contributed by atoms with Crippen LogP contribution in [0.5, 0.6) is 0 Å². The second-order valence-electron chi connectivity index (χ2n) is 7.27. The van der Waals surface area contributed by atoms with Gasteiger partial charge >= 0.3 is 13.4 Å². The highest BCUT2D eigenvalue weighted by Gasteiger charge is 1.93. The highest BCUT2D eigenvalue weighted by atomic mass is 32.5. The van der Waals surface area contributed by atoms with Gasteiger partial charge in [-0.25, -0.2) is 0 Å². The van der Waals surface area contributed by atoms with Crippen molar-refractivity contribution in [1.29, 1.82) is 0 Å². The molecule has 0 atom stereocenters. The molecule has 196 valence electrons. The minimum absolute atomic E-state index is 0. The Balaban J connectivity index is -0.000000101. The second kappa shape index (κ2) is 33.2.